The van der Waals surface area contributed by atoms with E-state index in [1.807, 2.05) is 6.07 Å². The molecule has 0 bridgehead atoms. The maximum absolute atomic E-state index is 8.94. The third kappa shape index (κ3) is 1.84. The van der Waals surface area contributed by atoms with E-state index in [4.69, 9.17) is 16.9 Å². The van der Waals surface area contributed by atoms with E-state index < -0.39 is 0 Å². The topological polar surface area (TPSA) is 48.7 Å². The lowest BCUT2D eigenvalue weighted by Gasteiger charge is -2.40. The zero-order valence-corrected chi connectivity index (χ0v) is 10.0. The quantitative estimate of drug-likeness (QED) is 0.773. The molecule has 1 N–H and O–H groups in total. The second-order valence-electron chi connectivity index (χ2n) is 4.60. The first kappa shape index (κ1) is 10.8. The van der Waals surface area contributed by atoms with Crippen LogP contribution >= 0.6 is 11.6 Å². The fraction of sp³-hybridized carbons (Fsp3) is 0.385. The number of fused-ring (bicyclic) bond motifs is 1. The highest BCUT2D eigenvalue weighted by atomic mass is 35.5. The summed E-state index contributed by atoms with van der Waals surface area (Å²) in [4.78, 5) is 4.07. The molecule has 86 valence electrons. The van der Waals surface area contributed by atoms with Crippen LogP contribution in [0, 0.1) is 17.2 Å². The van der Waals surface area contributed by atoms with Gasteiger partial charge in [0.1, 0.15) is 11.2 Å². The van der Waals surface area contributed by atoms with E-state index >= 15 is 0 Å². The SMILES string of the molecule is N#Cc1cc(C2=CC3NCC3CC2)cnc1Cl. The van der Waals surface area contributed by atoms with Gasteiger partial charge in [0.05, 0.1) is 5.56 Å². The van der Waals surface area contributed by atoms with Gasteiger partial charge in [-0.1, -0.05) is 17.7 Å². The van der Waals surface area contributed by atoms with E-state index in [0.29, 0.717) is 11.6 Å². The van der Waals surface area contributed by atoms with Gasteiger partial charge in [-0.05, 0) is 36.0 Å². The van der Waals surface area contributed by atoms with Crippen molar-refractivity contribution >= 4 is 17.2 Å². The van der Waals surface area contributed by atoms with Crippen molar-refractivity contribution < 1.29 is 0 Å². The molecule has 0 saturated carbocycles. The molecule has 3 rings (SSSR count). The van der Waals surface area contributed by atoms with Crippen LogP contribution in [0.1, 0.15) is 24.0 Å². The first-order chi connectivity index (χ1) is 8.28. The van der Waals surface area contributed by atoms with Gasteiger partial charge in [-0.2, -0.15) is 5.26 Å². The van der Waals surface area contributed by atoms with Gasteiger partial charge in [0.2, 0.25) is 0 Å². The molecule has 0 amide bonds. The van der Waals surface area contributed by atoms with Crippen LogP contribution in [0.25, 0.3) is 5.57 Å². The summed E-state index contributed by atoms with van der Waals surface area (Å²) in [6.07, 6.45) is 6.31. The van der Waals surface area contributed by atoms with Gasteiger partial charge in [-0.25, -0.2) is 4.98 Å². The number of nitriles is 1. The summed E-state index contributed by atoms with van der Waals surface area (Å²) in [6.45, 7) is 1.14. The van der Waals surface area contributed by atoms with Gasteiger partial charge in [-0.3, -0.25) is 0 Å². The normalized spacial score (nSPS) is 26.5. The molecule has 3 nitrogen and oxygen atoms in total. The summed E-state index contributed by atoms with van der Waals surface area (Å²) in [5, 5.41) is 12.6. The maximum Gasteiger partial charge on any atom is 0.146 e. The molecule has 0 aromatic carbocycles. The van der Waals surface area contributed by atoms with Crippen molar-refractivity contribution in [2.24, 2.45) is 5.92 Å². The minimum Gasteiger partial charge on any atom is -0.310 e. The van der Waals surface area contributed by atoms with Gasteiger partial charge in [0.25, 0.3) is 0 Å². The molecule has 4 heteroatoms. The van der Waals surface area contributed by atoms with Crippen LogP contribution < -0.4 is 5.32 Å². The predicted molar refractivity (Wildman–Crippen MR) is 66.5 cm³/mol. The van der Waals surface area contributed by atoms with Gasteiger partial charge in [0.15, 0.2) is 0 Å². The molecule has 1 aromatic rings. The highest BCUT2D eigenvalue weighted by molar-refractivity contribution is 6.30. The monoisotopic (exact) mass is 245 g/mol. The second kappa shape index (κ2) is 4.14. The van der Waals surface area contributed by atoms with Crippen LogP contribution in [0.3, 0.4) is 0 Å². The first-order valence-electron chi connectivity index (χ1n) is 5.78. The van der Waals surface area contributed by atoms with Crippen molar-refractivity contribution in [3.63, 3.8) is 0 Å². The van der Waals surface area contributed by atoms with Crippen molar-refractivity contribution in [3.8, 4) is 6.07 Å². The fourth-order valence-electron chi connectivity index (χ4n) is 2.48. The molecule has 1 aliphatic heterocycles. The number of rotatable bonds is 1. The van der Waals surface area contributed by atoms with E-state index in [2.05, 4.69) is 22.4 Å². The zero-order chi connectivity index (χ0) is 11.8. The molecule has 2 unspecified atom stereocenters. The summed E-state index contributed by atoms with van der Waals surface area (Å²) in [5.41, 5.74) is 2.76. The number of aromatic nitrogens is 1. The Balaban J connectivity index is 1.94. The largest absolute Gasteiger partial charge is 0.310 e. The smallest absolute Gasteiger partial charge is 0.146 e. The number of allylic oxidation sites excluding steroid dienone is 1. The maximum atomic E-state index is 8.94. The van der Waals surface area contributed by atoms with Crippen molar-refractivity contribution in [1.29, 1.82) is 5.26 Å². The van der Waals surface area contributed by atoms with Crippen molar-refractivity contribution in [3.05, 3.63) is 34.6 Å². The highest BCUT2D eigenvalue weighted by Crippen LogP contribution is 2.34. The van der Waals surface area contributed by atoms with E-state index in [0.717, 1.165) is 24.4 Å². The fourth-order valence-corrected chi connectivity index (χ4v) is 2.63. The number of nitrogens with one attached hydrogen (secondary N) is 1. The van der Waals surface area contributed by atoms with Crippen LogP contribution in [0.15, 0.2) is 18.3 Å². The van der Waals surface area contributed by atoms with Crippen molar-refractivity contribution in [1.82, 2.24) is 10.3 Å². The Labute approximate surface area is 105 Å². The van der Waals surface area contributed by atoms with Crippen LogP contribution in [0.2, 0.25) is 5.15 Å². The molecular weight excluding hydrogens is 234 g/mol. The van der Waals surface area contributed by atoms with E-state index in [-0.39, 0.29) is 5.15 Å². The third-order valence-electron chi connectivity index (χ3n) is 3.62. The van der Waals surface area contributed by atoms with E-state index in [1.165, 1.54) is 12.0 Å². The molecule has 1 saturated heterocycles. The summed E-state index contributed by atoms with van der Waals surface area (Å²) in [7, 11) is 0. The van der Waals surface area contributed by atoms with Crippen LogP contribution in [0.5, 0.6) is 0 Å². The molecule has 0 spiro atoms. The van der Waals surface area contributed by atoms with Gasteiger partial charge >= 0.3 is 0 Å². The van der Waals surface area contributed by atoms with Gasteiger partial charge < -0.3 is 5.32 Å². The lowest BCUT2D eigenvalue weighted by Crippen LogP contribution is -2.52. The Morgan fingerprint density at radius 1 is 1.53 bits per heavy atom. The number of hydrogen-bond acceptors (Lipinski definition) is 3. The minimum absolute atomic E-state index is 0.285. The highest BCUT2D eigenvalue weighted by Gasteiger charge is 2.31. The Bertz CT molecular complexity index is 530. The number of pyridine rings is 1. The van der Waals surface area contributed by atoms with Gasteiger partial charge in [-0.15, -0.1) is 0 Å². The van der Waals surface area contributed by atoms with E-state index in [1.54, 1.807) is 6.20 Å². The molecule has 2 heterocycles. The number of hydrogen-bond donors (Lipinski definition) is 1. The third-order valence-corrected chi connectivity index (χ3v) is 3.92. The average Bonchev–Trinajstić information content (AvgIpc) is 2.32. The molecule has 2 aliphatic rings. The predicted octanol–water partition coefficient (Wildman–Crippen LogP) is 2.37. The summed E-state index contributed by atoms with van der Waals surface area (Å²) >= 11 is 5.83. The van der Waals surface area contributed by atoms with Gasteiger partial charge in [0, 0.05) is 18.8 Å². The first-order valence-corrected chi connectivity index (χ1v) is 6.16. The van der Waals surface area contributed by atoms with E-state index in [9.17, 15) is 0 Å². The molecule has 1 aliphatic carbocycles. The zero-order valence-electron chi connectivity index (χ0n) is 9.28. The van der Waals surface area contributed by atoms with Crippen molar-refractivity contribution in [2.75, 3.05) is 6.54 Å². The van der Waals surface area contributed by atoms with Crippen molar-refractivity contribution in [2.45, 2.75) is 18.9 Å². The molecule has 1 aromatic heterocycles. The van der Waals surface area contributed by atoms with Crippen LogP contribution in [-0.4, -0.2) is 17.6 Å². The Hall–Kier alpha value is -1.37. The summed E-state index contributed by atoms with van der Waals surface area (Å²) in [6, 6.07) is 4.42. The van der Waals surface area contributed by atoms with Crippen LogP contribution in [-0.2, 0) is 0 Å². The lowest BCUT2D eigenvalue weighted by molar-refractivity contribution is 0.256. The average molecular weight is 246 g/mol. The Kier molecular flexibility index (Phi) is 2.62. The minimum atomic E-state index is 0.285. The lowest BCUT2D eigenvalue weighted by atomic mass is 9.79. The Morgan fingerprint density at radius 3 is 3.06 bits per heavy atom. The Morgan fingerprint density at radius 2 is 2.41 bits per heavy atom. The summed E-state index contributed by atoms with van der Waals surface area (Å²) in [5.74, 6) is 0.800. The number of halogens is 1. The number of nitrogens with zero attached hydrogens (tertiary/aromatic N) is 2. The molecule has 1 fully saturated rings. The molecule has 0 radical (unpaired) electrons. The molecule has 2 atom stereocenters. The second-order valence-corrected chi connectivity index (χ2v) is 4.96. The molecular formula is C13H12ClN3. The standard InChI is InChI=1S/C13H12ClN3/c14-13-10(5-15)3-11(7-17-13)8-1-2-9-6-16-12(9)4-8/h3-4,7,9,12,16H,1-2,6H2. The van der Waals surface area contributed by atoms with Crippen LogP contribution in [0.4, 0.5) is 0 Å². The summed E-state index contributed by atoms with van der Waals surface area (Å²) < 4.78 is 0. The molecule has 17 heavy (non-hydrogen) atoms.